The van der Waals surface area contributed by atoms with Gasteiger partial charge in [-0.3, -0.25) is 0 Å². The van der Waals surface area contributed by atoms with Crippen molar-refractivity contribution in [1.82, 2.24) is 0 Å². The van der Waals surface area contributed by atoms with Gasteiger partial charge in [0.25, 0.3) is 0 Å². The van der Waals surface area contributed by atoms with Crippen LogP contribution >= 0.6 is 11.8 Å². The summed E-state index contributed by atoms with van der Waals surface area (Å²) < 4.78 is 40.1. The third-order valence-electron chi connectivity index (χ3n) is 2.63. The molecule has 0 aliphatic rings. The molecule has 100 valence electrons. The molecule has 2 rings (SSSR count). The Labute approximate surface area is 113 Å². The van der Waals surface area contributed by atoms with Crippen molar-refractivity contribution < 1.29 is 13.2 Å². The van der Waals surface area contributed by atoms with E-state index in [1.807, 2.05) is 0 Å². The van der Waals surface area contributed by atoms with E-state index in [4.69, 9.17) is 5.73 Å². The number of hydrogen-bond donors (Lipinski definition) is 1. The maximum atomic E-state index is 13.7. The topological polar surface area (TPSA) is 26.0 Å². The molecular weight excluding hydrogens is 271 g/mol. The fourth-order valence-electron chi connectivity index (χ4n) is 1.70. The molecule has 0 radical (unpaired) electrons. The minimum absolute atomic E-state index is 0.155. The van der Waals surface area contributed by atoms with Crippen molar-refractivity contribution in [2.45, 2.75) is 10.1 Å². The molecule has 0 aromatic heterocycles. The average Bonchev–Trinajstić information content (AvgIpc) is 2.39. The smallest absolute Gasteiger partial charge is 0.139 e. The molecule has 2 N–H and O–H groups in total. The zero-order valence-corrected chi connectivity index (χ0v) is 10.8. The summed E-state index contributed by atoms with van der Waals surface area (Å²) in [5.41, 5.74) is 6.03. The Morgan fingerprint density at radius 3 is 2.37 bits per heavy atom. The van der Waals surface area contributed by atoms with Crippen LogP contribution < -0.4 is 5.73 Å². The number of halogens is 3. The van der Waals surface area contributed by atoms with Crippen molar-refractivity contribution in [2.75, 3.05) is 6.54 Å². The normalized spacial score (nSPS) is 12.4. The van der Waals surface area contributed by atoms with E-state index in [1.165, 1.54) is 18.2 Å². The van der Waals surface area contributed by atoms with Gasteiger partial charge in [0.05, 0.1) is 0 Å². The van der Waals surface area contributed by atoms with Crippen molar-refractivity contribution in [2.24, 2.45) is 5.73 Å². The average molecular weight is 283 g/mol. The lowest BCUT2D eigenvalue weighted by atomic mass is 10.1. The summed E-state index contributed by atoms with van der Waals surface area (Å²) in [6.45, 7) is 0.155. The fourth-order valence-corrected chi connectivity index (χ4v) is 2.74. The van der Waals surface area contributed by atoms with Gasteiger partial charge < -0.3 is 5.73 Å². The van der Waals surface area contributed by atoms with Crippen LogP contribution in [0.3, 0.4) is 0 Å². The van der Waals surface area contributed by atoms with Crippen molar-refractivity contribution >= 4 is 11.8 Å². The van der Waals surface area contributed by atoms with Crippen LogP contribution in [0.25, 0.3) is 0 Å². The van der Waals surface area contributed by atoms with Crippen LogP contribution in [-0.4, -0.2) is 6.54 Å². The van der Waals surface area contributed by atoms with Gasteiger partial charge in [-0.15, -0.1) is 11.8 Å². The summed E-state index contributed by atoms with van der Waals surface area (Å²) in [4.78, 5) is 0.250. The highest BCUT2D eigenvalue weighted by atomic mass is 32.2. The largest absolute Gasteiger partial charge is 0.329 e. The molecule has 1 nitrogen and oxygen atoms in total. The molecule has 1 atom stereocenters. The number of benzene rings is 2. The second-order valence-corrected chi connectivity index (χ2v) is 5.18. The van der Waals surface area contributed by atoms with E-state index in [1.54, 1.807) is 18.2 Å². The lowest BCUT2D eigenvalue weighted by Crippen LogP contribution is -2.11. The molecule has 2 aromatic rings. The maximum absolute atomic E-state index is 13.7. The third-order valence-corrected chi connectivity index (χ3v) is 3.95. The molecule has 1 unspecified atom stereocenters. The first-order chi connectivity index (χ1) is 9.11. The van der Waals surface area contributed by atoms with E-state index in [2.05, 4.69) is 0 Å². The van der Waals surface area contributed by atoms with Gasteiger partial charge in [-0.25, -0.2) is 13.2 Å². The predicted molar refractivity (Wildman–Crippen MR) is 70.4 cm³/mol. The Bertz CT molecular complexity index is 574. The highest BCUT2D eigenvalue weighted by molar-refractivity contribution is 7.99. The van der Waals surface area contributed by atoms with Crippen LogP contribution in [0.1, 0.15) is 10.8 Å². The quantitative estimate of drug-likeness (QED) is 0.861. The predicted octanol–water partition coefficient (Wildman–Crippen LogP) is 3.90. The molecular formula is C14H12F3NS. The van der Waals surface area contributed by atoms with E-state index in [-0.39, 0.29) is 17.3 Å². The van der Waals surface area contributed by atoms with Gasteiger partial charge in [0.2, 0.25) is 0 Å². The van der Waals surface area contributed by atoms with Crippen LogP contribution in [0.4, 0.5) is 13.2 Å². The van der Waals surface area contributed by atoms with Gasteiger partial charge >= 0.3 is 0 Å². The third kappa shape index (κ3) is 3.30. The lowest BCUT2D eigenvalue weighted by molar-refractivity contribution is 0.565. The Hall–Kier alpha value is -1.46. The lowest BCUT2D eigenvalue weighted by Gasteiger charge is -2.16. The molecule has 0 saturated carbocycles. The molecule has 0 amide bonds. The van der Waals surface area contributed by atoms with Crippen LogP contribution in [0, 0.1) is 17.5 Å². The van der Waals surface area contributed by atoms with E-state index in [0.29, 0.717) is 5.56 Å². The Balaban J connectivity index is 2.27. The molecule has 0 saturated heterocycles. The van der Waals surface area contributed by atoms with Crippen LogP contribution in [-0.2, 0) is 0 Å². The molecule has 0 aliphatic carbocycles. The van der Waals surface area contributed by atoms with E-state index >= 15 is 0 Å². The highest BCUT2D eigenvalue weighted by Crippen LogP contribution is 2.36. The molecule has 0 bridgehead atoms. The molecule has 19 heavy (non-hydrogen) atoms. The van der Waals surface area contributed by atoms with Gasteiger partial charge in [-0.2, -0.15) is 0 Å². The zero-order chi connectivity index (χ0) is 13.8. The number of rotatable bonds is 4. The van der Waals surface area contributed by atoms with Gasteiger partial charge in [-0.1, -0.05) is 18.2 Å². The number of hydrogen-bond acceptors (Lipinski definition) is 2. The minimum Gasteiger partial charge on any atom is -0.329 e. The Morgan fingerprint density at radius 2 is 1.74 bits per heavy atom. The summed E-state index contributed by atoms with van der Waals surface area (Å²) in [6.07, 6.45) is 0. The van der Waals surface area contributed by atoms with Crippen LogP contribution in [0.2, 0.25) is 0 Å². The fraction of sp³-hybridized carbons (Fsp3) is 0.143. The van der Waals surface area contributed by atoms with Crippen molar-refractivity contribution in [3.05, 3.63) is 65.5 Å². The molecule has 0 spiro atoms. The second kappa shape index (κ2) is 6.12. The summed E-state index contributed by atoms with van der Waals surface area (Å²) in [7, 11) is 0. The summed E-state index contributed by atoms with van der Waals surface area (Å²) in [5.74, 6) is -1.69. The number of thioether (sulfide) groups is 1. The van der Waals surface area contributed by atoms with Crippen molar-refractivity contribution in [3.63, 3.8) is 0 Å². The Morgan fingerprint density at radius 1 is 1.00 bits per heavy atom. The van der Waals surface area contributed by atoms with E-state index in [9.17, 15) is 13.2 Å². The first-order valence-electron chi connectivity index (χ1n) is 5.68. The van der Waals surface area contributed by atoms with Gasteiger partial charge in [-0.05, 0) is 18.2 Å². The Kier molecular flexibility index (Phi) is 4.50. The number of nitrogens with two attached hydrogens (primary N) is 1. The van der Waals surface area contributed by atoms with Gasteiger partial charge in [0, 0.05) is 28.3 Å². The zero-order valence-electron chi connectivity index (χ0n) is 9.95. The first-order valence-corrected chi connectivity index (χ1v) is 6.56. The monoisotopic (exact) mass is 283 g/mol. The van der Waals surface area contributed by atoms with Gasteiger partial charge in [0.1, 0.15) is 17.5 Å². The molecule has 0 fully saturated rings. The van der Waals surface area contributed by atoms with Crippen molar-refractivity contribution in [1.29, 1.82) is 0 Å². The van der Waals surface area contributed by atoms with Crippen LogP contribution in [0.5, 0.6) is 0 Å². The summed E-state index contributed by atoms with van der Waals surface area (Å²) in [6, 6.07) is 9.52. The van der Waals surface area contributed by atoms with Gasteiger partial charge in [0.15, 0.2) is 0 Å². The molecule has 2 aromatic carbocycles. The minimum atomic E-state index is -0.667. The molecule has 5 heteroatoms. The molecule has 0 heterocycles. The first kappa shape index (κ1) is 14.0. The van der Waals surface area contributed by atoms with Crippen LogP contribution in [0.15, 0.2) is 47.4 Å². The summed E-state index contributed by atoms with van der Waals surface area (Å²) in [5, 5.41) is -0.416. The highest BCUT2D eigenvalue weighted by Gasteiger charge is 2.17. The standard InChI is InChI=1S/C14H12F3NS/c15-9-5-6-13(12(17)7-9)19-14(8-18)10-3-1-2-4-11(10)16/h1-7,14H,8,18H2. The summed E-state index contributed by atoms with van der Waals surface area (Å²) >= 11 is 1.08. The second-order valence-electron chi connectivity index (χ2n) is 3.94. The maximum Gasteiger partial charge on any atom is 0.139 e. The van der Waals surface area contributed by atoms with E-state index in [0.717, 1.165) is 17.8 Å². The van der Waals surface area contributed by atoms with E-state index < -0.39 is 16.9 Å². The van der Waals surface area contributed by atoms with Crippen molar-refractivity contribution in [3.8, 4) is 0 Å². The SMILES string of the molecule is NCC(Sc1ccc(F)cc1F)c1ccccc1F. The molecule has 0 aliphatic heterocycles.